The first-order chi connectivity index (χ1) is 11.5. The van der Waals surface area contributed by atoms with E-state index in [0.717, 1.165) is 12.8 Å². The minimum atomic E-state index is -1.03. The predicted molar refractivity (Wildman–Crippen MR) is 92.2 cm³/mol. The molecule has 0 radical (unpaired) electrons. The summed E-state index contributed by atoms with van der Waals surface area (Å²) in [5.74, 6) is -1.03. The van der Waals surface area contributed by atoms with E-state index in [4.69, 9.17) is 27.9 Å². The quantitative estimate of drug-likeness (QED) is 0.811. The van der Waals surface area contributed by atoms with Crippen molar-refractivity contribution in [1.82, 2.24) is 5.32 Å². The summed E-state index contributed by atoms with van der Waals surface area (Å²) in [4.78, 5) is 24.9. The molecule has 0 aromatic heterocycles. The van der Waals surface area contributed by atoms with E-state index in [-0.39, 0.29) is 22.5 Å². The molecule has 0 saturated heterocycles. The van der Waals surface area contributed by atoms with E-state index >= 15 is 0 Å². The predicted octanol–water partition coefficient (Wildman–Crippen LogP) is 4.17. The van der Waals surface area contributed by atoms with Gasteiger partial charge < -0.3 is 10.1 Å². The zero-order valence-corrected chi connectivity index (χ0v) is 14.2. The van der Waals surface area contributed by atoms with Gasteiger partial charge in [0.25, 0.3) is 5.91 Å². The Morgan fingerprint density at radius 2 is 1.79 bits per heavy atom. The molecule has 0 bridgehead atoms. The molecule has 4 nitrogen and oxygen atoms in total. The van der Waals surface area contributed by atoms with Crippen molar-refractivity contribution < 1.29 is 14.3 Å². The van der Waals surface area contributed by atoms with E-state index < -0.39 is 12.1 Å². The van der Waals surface area contributed by atoms with E-state index in [1.807, 2.05) is 6.07 Å². The standard InChI is InChI=1S/C18H15Cl2NO3/c19-12-6-9-15(20)14(10-12)18(23)24-16(11-4-2-1-3-5-11)17(22)21-13-7-8-13/h1-6,9-10,13,16H,7-8H2,(H,21,22)/t16-/m1/s1. The van der Waals surface area contributed by atoms with Crippen molar-refractivity contribution in [1.29, 1.82) is 0 Å². The van der Waals surface area contributed by atoms with Crippen molar-refractivity contribution in [3.8, 4) is 0 Å². The fraction of sp³-hybridized carbons (Fsp3) is 0.222. The zero-order chi connectivity index (χ0) is 17.1. The van der Waals surface area contributed by atoms with Crippen LogP contribution in [0.4, 0.5) is 0 Å². The second-order valence-corrected chi connectivity index (χ2v) is 6.45. The number of rotatable bonds is 5. The Morgan fingerprint density at radius 1 is 1.08 bits per heavy atom. The van der Waals surface area contributed by atoms with Gasteiger partial charge in [-0.3, -0.25) is 4.79 Å². The molecule has 1 saturated carbocycles. The summed E-state index contributed by atoms with van der Waals surface area (Å²) in [6.07, 6.45) is 0.858. The second-order valence-electron chi connectivity index (χ2n) is 5.60. The molecule has 0 aliphatic heterocycles. The first-order valence-electron chi connectivity index (χ1n) is 7.56. The number of nitrogens with one attached hydrogen (secondary N) is 1. The lowest BCUT2D eigenvalue weighted by Crippen LogP contribution is -2.33. The van der Waals surface area contributed by atoms with Gasteiger partial charge in [0.2, 0.25) is 6.10 Å². The van der Waals surface area contributed by atoms with Crippen LogP contribution >= 0.6 is 23.2 Å². The lowest BCUT2D eigenvalue weighted by molar-refractivity contribution is -0.130. The molecule has 24 heavy (non-hydrogen) atoms. The van der Waals surface area contributed by atoms with Crippen LogP contribution in [-0.4, -0.2) is 17.9 Å². The summed E-state index contributed by atoms with van der Waals surface area (Å²) >= 11 is 11.9. The van der Waals surface area contributed by atoms with E-state index in [2.05, 4.69) is 5.32 Å². The Labute approximate surface area is 149 Å². The SMILES string of the molecule is O=C(O[C@@H](C(=O)NC1CC1)c1ccccc1)c1cc(Cl)ccc1Cl. The molecule has 2 aromatic rings. The van der Waals surface area contributed by atoms with E-state index in [9.17, 15) is 9.59 Å². The number of ether oxygens (including phenoxy) is 1. The molecule has 1 atom stereocenters. The maximum Gasteiger partial charge on any atom is 0.340 e. The van der Waals surface area contributed by atoms with E-state index in [1.54, 1.807) is 30.3 Å². The number of esters is 1. The van der Waals surface area contributed by atoms with Crippen molar-refractivity contribution >= 4 is 35.1 Å². The summed E-state index contributed by atoms with van der Waals surface area (Å²) in [5, 5.41) is 3.45. The van der Waals surface area contributed by atoms with Gasteiger partial charge in [-0.05, 0) is 31.0 Å². The molecule has 1 aliphatic rings. The van der Waals surface area contributed by atoms with E-state index in [1.165, 1.54) is 12.1 Å². The molecule has 1 fully saturated rings. The van der Waals surface area contributed by atoms with Crippen LogP contribution in [0.3, 0.4) is 0 Å². The number of carbonyl (C=O) groups excluding carboxylic acids is 2. The van der Waals surface area contributed by atoms with Gasteiger partial charge in [-0.1, -0.05) is 53.5 Å². The van der Waals surface area contributed by atoms with Crippen molar-refractivity contribution in [2.75, 3.05) is 0 Å². The Bertz CT molecular complexity index is 760. The van der Waals surface area contributed by atoms with Gasteiger partial charge in [0, 0.05) is 16.6 Å². The molecule has 0 heterocycles. The lowest BCUT2D eigenvalue weighted by atomic mass is 10.1. The minimum absolute atomic E-state index is 0.129. The van der Waals surface area contributed by atoms with Crippen molar-refractivity contribution in [3.05, 3.63) is 69.7 Å². The van der Waals surface area contributed by atoms with Crippen LogP contribution in [0.5, 0.6) is 0 Å². The van der Waals surface area contributed by atoms with Crippen LogP contribution in [0.1, 0.15) is 34.9 Å². The minimum Gasteiger partial charge on any atom is -0.444 e. The third-order valence-electron chi connectivity index (χ3n) is 3.64. The van der Waals surface area contributed by atoms with Gasteiger partial charge in [-0.25, -0.2) is 4.79 Å². The topological polar surface area (TPSA) is 55.4 Å². The fourth-order valence-electron chi connectivity index (χ4n) is 2.23. The summed E-state index contributed by atoms with van der Waals surface area (Å²) < 4.78 is 5.45. The van der Waals surface area contributed by atoms with Crippen molar-refractivity contribution in [2.45, 2.75) is 25.0 Å². The van der Waals surface area contributed by atoms with E-state index in [0.29, 0.717) is 10.6 Å². The van der Waals surface area contributed by atoms with Gasteiger partial charge in [0.1, 0.15) is 0 Å². The zero-order valence-electron chi connectivity index (χ0n) is 12.7. The average Bonchev–Trinajstić information content (AvgIpc) is 3.39. The summed E-state index contributed by atoms with van der Waals surface area (Å²) in [6.45, 7) is 0. The Hall–Kier alpha value is -2.04. The lowest BCUT2D eigenvalue weighted by Gasteiger charge is -2.18. The molecule has 0 spiro atoms. The van der Waals surface area contributed by atoms with Gasteiger partial charge in [0.15, 0.2) is 0 Å². The first kappa shape index (κ1) is 16.8. The third kappa shape index (κ3) is 4.08. The van der Waals surface area contributed by atoms with Crippen LogP contribution < -0.4 is 5.32 Å². The van der Waals surface area contributed by atoms with Crippen LogP contribution in [0.25, 0.3) is 0 Å². The highest BCUT2D eigenvalue weighted by atomic mass is 35.5. The summed E-state index contributed by atoms with van der Waals surface area (Å²) in [5.41, 5.74) is 0.728. The van der Waals surface area contributed by atoms with Gasteiger partial charge in [0.05, 0.1) is 10.6 Å². The van der Waals surface area contributed by atoms with Gasteiger partial charge >= 0.3 is 5.97 Å². The maximum absolute atomic E-state index is 12.5. The van der Waals surface area contributed by atoms with Crippen molar-refractivity contribution in [3.63, 3.8) is 0 Å². The molecule has 1 amide bonds. The van der Waals surface area contributed by atoms with Crippen LogP contribution in [-0.2, 0) is 9.53 Å². The smallest absolute Gasteiger partial charge is 0.340 e. The van der Waals surface area contributed by atoms with Gasteiger partial charge in [-0.2, -0.15) is 0 Å². The highest BCUT2D eigenvalue weighted by molar-refractivity contribution is 6.35. The average molecular weight is 364 g/mol. The number of hydrogen-bond acceptors (Lipinski definition) is 3. The number of carbonyl (C=O) groups is 2. The van der Waals surface area contributed by atoms with Crippen molar-refractivity contribution in [2.24, 2.45) is 0 Å². The molecule has 124 valence electrons. The Balaban J connectivity index is 1.84. The Morgan fingerprint density at radius 3 is 2.46 bits per heavy atom. The molecule has 6 heteroatoms. The first-order valence-corrected chi connectivity index (χ1v) is 8.31. The normalized spacial score (nSPS) is 14.8. The highest BCUT2D eigenvalue weighted by Crippen LogP contribution is 2.26. The Kier molecular flexibility index (Phi) is 5.07. The van der Waals surface area contributed by atoms with Crippen LogP contribution in [0.15, 0.2) is 48.5 Å². The molecule has 1 aliphatic carbocycles. The van der Waals surface area contributed by atoms with Crippen LogP contribution in [0.2, 0.25) is 10.0 Å². The summed E-state index contributed by atoms with van der Waals surface area (Å²) in [7, 11) is 0. The third-order valence-corrected chi connectivity index (χ3v) is 4.20. The number of amides is 1. The fourth-order valence-corrected chi connectivity index (χ4v) is 2.60. The monoisotopic (exact) mass is 363 g/mol. The maximum atomic E-state index is 12.5. The second kappa shape index (κ2) is 7.24. The number of halogens is 2. The molecule has 1 N–H and O–H groups in total. The molecule has 3 rings (SSSR count). The molecule has 0 unspecified atom stereocenters. The number of benzene rings is 2. The van der Waals surface area contributed by atoms with Gasteiger partial charge in [-0.15, -0.1) is 0 Å². The largest absolute Gasteiger partial charge is 0.444 e. The summed E-state index contributed by atoms with van der Waals surface area (Å²) in [6, 6.07) is 13.6. The molecular formula is C18H15Cl2NO3. The van der Waals surface area contributed by atoms with Crippen LogP contribution in [0, 0.1) is 0 Å². The molecular weight excluding hydrogens is 349 g/mol. The highest BCUT2D eigenvalue weighted by Gasteiger charge is 2.31. The number of hydrogen-bond donors (Lipinski definition) is 1. The molecule has 2 aromatic carbocycles.